The van der Waals surface area contributed by atoms with Crippen LogP contribution in [0.4, 0.5) is 5.69 Å². The van der Waals surface area contributed by atoms with Crippen LogP contribution in [0.15, 0.2) is 66.7 Å². The highest BCUT2D eigenvalue weighted by Gasteiger charge is 2.49. The maximum absolute atomic E-state index is 13.7. The maximum atomic E-state index is 13.7. The predicted octanol–water partition coefficient (Wildman–Crippen LogP) is 3.92. The Labute approximate surface area is 209 Å². The van der Waals surface area contributed by atoms with Gasteiger partial charge in [-0.2, -0.15) is 0 Å². The normalized spacial score (nSPS) is 15.8. The molecule has 2 aliphatic heterocycles. The summed E-state index contributed by atoms with van der Waals surface area (Å²) in [5, 5.41) is 2.92. The molecule has 8 nitrogen and oxygen atoms in total. The number of carbonyl (C=O) groups is 3. The van der Waals surface area contributed by atoms with E-state index >= 15 is 0 Å². The van der Waals surface area contributed by atoms with Crippen LogP contribution in [0.3, 0.4) is 0 Å². The van der Waals surface area contributed by atoms with Gasteiger partial charge in [0.05, 0.1) is 31.0 Å². The number of anilines is 1. The lowest BCUT2D eigenvalue weighted by molar-refractivity contribution is -0.121. The Kier molecular flexibility index (Phi) is 6.33. The van der Waals surface area contributed by atoms with Gasteiger partial charge in [0.2, 0.25) is 5.91 Å². The topological polar surface area (TPSA) is 88.2 Å². The average Bonchev–Trinajstić information content (AvgIpc) is 3.21. The molecule has 36 heavy (non-hydrogen) atoms. The highest BCUT2D eigenvalue weighted by atomic mass is 16.5. The van der Waals surface area contributed by atoms with Crippen molar-refractivity contribution in [3.05, 3.63) is 89.0 Å². The molecule has 0 saturated carbocycles. The molecule has 184 valence electrons. The molecule has 0 radical (unpaired) electrons. The second-order valence-corrected chi connectivity index (χ2v) is 8.70. The number of para-hydroxylation sites is 1. The average molecular weight is 486 g/mol. The summed E-state index contributed by atoms with van der Waals surface area (Å²) in [5.41, 5.74) is 3.10. The first-order valence-corrected chi connectivity index (χ1v) is 11.8. The number of carbonyl (C=O) groups excluding carboxylic acids is 3. The minimum absolute atomic E-state index is 0.0881. The van der Waals surface area contributed by atoms with Crippen molar-refractivity contribution in [1.82, 2.24) is 10.2 Å². The van der Waals surface area contributed by atoms with Crippen molar-refractivity contribution in [2.45, 2.75) is 25.6 Å². The van der Waals surface area contributed by atoms with Crippen molar-refractivity contribution in [3.8, 4) is 11.5 Å². The number of benzene rings is 3. The van der Waals surface area contributed by atoms with Crippen molar-refractivity contribution in [2.24, 2.45) is 0 Å². The number of methoxy groups -OCH3 is 2. The van der Waals surface area contributed by atoms with Crippen molar-refractivity contribution >= 4 is 23.4 Å². The minimum atomic E-state index is -0.623. The summed E-state index contributed by atoms with van der Waals surface area (Å²) in [6.45, 7) is 0.768. The Bertz CT molecular complexity index is 1320. The Morgan fingerprint density at radius 1 is 0.917 bits per heavy atom. The van der Waals surface area contributed by atoms with Gasteiger partial charge in [0.15, 0.2) is 11.5 Å². The zero-order chi connectivity index (χ0) is 25.2. The standard InChI is InChI=1S/C28H27N3O5/c1-35-22-15-14-20-24(25(22)36-2)28(34)31-21-12-7-6-11-19(21)27(33)30(26(20)31)16-8-13-23(32)29-17-18-9-4-3-5-10-18/h3-7,9-12,14-15,26H,8,13,16-17H2,1-2H3,(H,29,32). The first-order chi connectivity index (χ1) is 17.5. The Morgan fingerprint density at radius 3 is 2.42 bits per heavy atom. The van der Waals surface area contributed by atoms with Crippen LogP contribution in [-0.4, -0.2) is 43.4 Å². The fourth-order valence-corrected chi connectivity index (χ4v) is 4.95. The lowest BCUT2D eigenvalue weighted by Crippen LogP contribution is -2.48. The van der Waals surface area contributed by atoms with Crippen LogP contribution >= 0.6 is 0 Å². The van der Waals surface area contributed by atoms with Gasteiger partial charge in [-0.25, -0.2) is 0 Å². The van der Waals surface area contributed by atoms with Gasteiger partial charge < -0.3 is 19.7 Å². The molecule has 3 amide bonds. The third kappa shape index (κ3) is 3.94. The van der Waals surface area contributed by atoms with Gasteiger partial charge in [0, 0.05) is 25.1 Å². The van der Waals surface area contributed by atoms with E-state index in [0.717, 1.165) is 5.56 Å². The Balaban J connectivity index is 1.40. The van der Waals surface area contributed by atoms with E-state index in [1.807, 2.05) is 36.4 Å². The van der Waals surface area contributed by atoms with E-state index in [1.165, 1.54) is 14.2 Å². The number of fused-ring (bicyclic) bond motifs is 5. The van der Waals surface area contributed by atoms with E-state index < -0.39 is 6.17 Å². The van der Waals surface area contributed by atoms with Crippen LogP contribution < -0.4 is 19.7 Å². The van der Waals surface area contributed by atoms with Crippen LogP contribution in [0.5, 0.6) is 11.5 Å². The SMILES string of the molecule is COc1ccc2c(c1OC)C(=O)N1c3ccccc3C(=O)N(CCCC(=O)NCc3ccccc3)C21. The third-order valence-electron chi connectivity index (χ3n) is 6.62. The first-order valence-electron chi connectivity index (χ1n) is 11.8. The number of amides is 3. The molecule has 3 aromatic carbocycles. The second-order valence-electron chi connectivity index (χ2n) is 8.70. The molecule has 0 aliphatic carbocycles. The molecule has 5 rings (SSSR count). The molecule has 0 saturated heterocycles. The molecule has 3 aromatic rings. The number of nitrogens with zero attached hydrogens (tertiary/aromatic N) is 2. The van der Waals surface area contributed by atoms with E-state index in [-0.39, 0.29) is 24.1 Å². The number of nitrogens with one attached hydrogen (secondary N) is 1. The van der Waals surface area contributed by atoms with Crippen molar-refractivity contribution in [3.63, 3.8) is 0 Å². The Hall–Kier alpha value is -4.33. The fraction of sp³-hybridized carbons (Fsp3) is 0.250. The molecule has 0 aromatic heterocycles. The van der Waals surface area contributed by atoms with Crippen molar-refractivity contribution in [1.29, 1.82) is 0 Å². The largest absolute Gasteiger partial charge is 0.493 e. The fourth-order valence-electron chi connectivity index (χ4n) is 4.95. The molecule has 8 heteroatoms. The van der Waals surface area contributed by atoms with Gasteiger partial charge in [0.1, 0.15) is 6.17 Å². The van der Waals surface area contributed by atoms with Crippen molar-refractivity contribution < 1.29 is 23.9 Å². The zero-order valence-corrected chi connectivity index (χ0v) is 20.2. The van der Waals surface area contributed by atoms with Crippen molar-refractivity contribution in [2.75, 3.05) is 25.7 Å². The maximum Gasteiger partial charge on any atom is 0.264 e. The van der Waals surface area contributed by atoms with E-state index in [2.05, 4.69) is 5.32 Å². The molecular weight excluding hydrogens is 458 g/mol. The van der Waals surface area contributed by atoms with Crippen LogP contribution in [0.1, 0.15) is 50.9 Å². The molecule has 2 heterocycles. The van der Waals surface area contributed by atoms with E-state index in [4.69, 9.17) is 9.47 Å². The zero-order valence-electron chi connectivity index (χ0n) is 20.2. The molecular formula is C28H27N3O5. The quantitative estimate of drug-likeness (QED) is 0.523. The monoisotopic (exact) mass is 485 g/mol. The number of ether oxygens (including phenoxy) is 2. The van der Waals surface area contributed by atoms with Gasteiger partial charge in [-0.1, -0.05) is 48.5 Å². The van der Waals surface area contributed by atoms with Gasteiger partial charge in [-0.05, 0) is 30.2 Å². The van der Waals surface area contributed by atoms with Crippen LogP contribution in [0, 0.1) is 0 Å². The van der Waals surface area contributed by atoms with Crippen LogP contribution in [0.25, 0.3) is 0 Å². The summed E-state index contributed by atoms with van der Waals surface area (Å²) < 4.78 is 11.0. The molecule has 1 N–H and O–H groups in total. The first kappa shape index (κ1) is 23.4. The smallest absolute Gasteiger partial charge is 0.264 e. The summed E-state index contributed by atoms with van der Waals surface area (Å²) in [6.07, 6.45) is 0.0926. The van der Waals surface area contributed by atoms with Gasteiger partial charge in [-0.15, -0.1) is 0 Å². The van der Waals surface area contributed by atoms with Gasteiger partial charge >= 0.3 is 0 Å². The summed E-state index contributed by atoms with van der Waals surface area (Å²) in [6, 6.07) is 20.3. The Morgan fingerprint density at radius 2 is 1.67 bits per heavy atom. The summed E-state index contributed by atoms with van der Waals surface area (Å²) in [7, 11) is 3.01. The van der Waals surface area contributed by atoms with Crippen LogP contribution in [-0.2, 0) is 11.3 Å². The van der Waals surface area contributed by atoms with E-state index in [1.54, 1.807) is 40.1 Å². The highest BCUT2D eigenvalue weighted by molar-refractivity contribution is 6.18. The number of hydrogen-bond donors (Lipinski definition) is 1. The molecule has 1 atom stereocenters. The van der Waals surface area contributed by atoms with E-state index in [0.29, 0.717) is 53.4 Å². The molecule has 0 fully saturated rings. The van der Waals surface area contributed by atoms with Gasteiger partial charge in [0.25, 0.3) is 11.8 Å². The minimum Gasteiger partial charge on any atom is -0.493 e. The van der Waals surface area contributed by atoms with Gasteiger partial charge in [-0.3, -0.25) is 19.3 Å². The third-order valence-corrected chi connectivity index (χ3v) is 6.62. The second kappa shape index (κ2) is 9.73. The lowest BCUT2D eigenvalue weighted by atomic mass is 10.0. The lowest BCUT2D eigenvalue weighted by Gasteiger charge is -2.41. The number of rotatable bonds is 8. The predicted molar refractivity (Wildman–Crippen MR) is 134 cm³/mol. The molecule has 0 bridgehead atoms. The van der Waals surface area contributed by atoms with E-state index in [9.17, 15) is 14.4 Å². The summed E-state index contributed by atoms with van der Waals surface area (Å²) in [5.74, 6) is 0.281. The molecule has 0 spiro atoms. The van der Waals surface area contributed by atoms with Crippen LogP contribution in [0.2, 0.25) is 0 Å². The summed E-state index contributed by atoms with van der Waals surface area (Å²) in [4.78, 5) is 43.0. The molecule has 2 aliphatic rings. The molecule has 1 unspecified atom stereocenters. The highest BCUT2D eigenvalue weighted by Crippen LogP contribution is 2.49. The number of hydrogen-bond acceptors (Lipinski definition) is 5. The summed E-state index contributed by atoms with van der Waals surface area (Å²) >= 11 is 0.